The van der Waals surface area contributed by atoms with Gasteiger partial charge in [0, 0.05) is 29.6 Å². The van der Waals surface area contributed by atoms with Crippen LogP contribution in [0.2, 0.25) is 10.0 Å². The number of benzene rings is 1. The van der Waals surface area contributed by atoms with E-state index in [0.717, 1.165) is 0 Å². The maximum atomic E-state index is 12.0. The monoisotopic (exact) mass is 414 g/mol. The number of alkyl carbamates (subject to hydrolysis) is 1. The van der Waals surface area contributed by atoms with Crippen LogP contribution in [0.3, 0.4) is 0 Å². The predicted molar refractivity (Wildman–Crippen MR) is 100 cm³/mol. The number of halogens is 2. The molecule has 2 aromatic rings. The molecule has 2 N–H and O–H groups in total. The summed E-state index contributed by atoms with van der Waals surface area (Å²) in [5.41, 5.74) is 0.0630. The van der Waals surface area contributed by atoms with E-state index < -0.39 is 17.6 Å². The second-order valence-electron chi connectivity index (χ2n) is 6.58. The van der Waals surface area contributed by atoms with Gasteiger partial charge in [0.2, 0.25) is 0 Å². The molecule has 1 heterocycles. The maximum Gasteiger partial charge on any atom is 0.407 e. The van der Waals surface area contributed by atoms with Crippen molar-refractivity contribution >= 4 is 35.2 Å². The first kappa shape index (κ1) is 21.0. The number of hydrogen-bond acceptors (Lipinski definition) is 6. The summed E-state index contributed by atoms with van der Waals surface area (Å²) in [5, 5.41) is 9.80. The third kappa shape index (κ3) is 6.73. The van der Waals surface area contributed by atoms with Gasteiger partial charge in [-0.3, -0.25) is 4.79 Å². The summed E-state index contributed by atoms with van der Waals surface area (Å²) in [7, 11) is 0. The van der Waals surface area contributed by atoms with Crippen molar-refractivity contribution in [3.8, 4) is 0 Å². The molecule has 10 heteroatoms. The van der Waals surface area contributed by atoms with Gasteiger partial charge in [-0.25, -0.2) is 4.79 Å². The number of nitrogens with one attached hydrogen (secondary N) is 2. The van der Waals surface area contributed by atoms with E-state index >= 15 is 0 Å². The zero-order valence-electron chi connectivity index (χ0n) is 15.1. The molecule has 0 radical (unpaired) electrons. The van der Waals surface area contributed by atoms with E-state index in [1.54, 1.807) is 39.0 Å². The first-order valence-corrected chi connectivity index (χ1v) is 8.92. The number of amides is 2. The Labute approximate surface area is 166 Å². The van der Waals surface area contributed by atoms with E-state index in [0.29, 0.717) is 15.6 Å². The minimum Gasteiger partial charge on any atom is -0.444 e. The molecule has 0 saturated heterocycles. The van der Waals surface area contributed by atoms with Crippen molar-refractivity contribution in [3.63, 3.8) is 0 Å². The Hall–Kier alpha value is -2.32. The second-order valence-corrected chi connectivity index (χ2v) is 7.39. The van der Waals surface area contributed by atoms with Crippen molar-refractivity contribution in [2.45, 2.75) is 32.8 Å². The fraction of sp³-hybridized carbons (Fsp3) is 0.412. The van der Waals surface area contributed by atoms with Gasteiger partial charge in [0.25, 0.3) is 0 Å². The highest BCUT2D eigenvalue weighted by Gasteiger charge is 2.18. The molecule has 1 aromatic carbocycles. The number of hydrogen-bond donors (Lipinski definition) is 2. The van der Waals surface area contributed by atoms with Crippen molar-refractivity contribution in [1.29, 1.82) is 0 Å². The van der Waals surface area contributed by atoms with Crippen LogP contribution in [0, 0.1) is 0 Å². The van der Waals surface area contributed by atoms with Crippen molar-refractivity contribution in [2.75, 3.05) is 13.1 Å². The molecule has 0 saturated carbocycles. The van der Waals surface area contributed by atoms with Gasteiger partial charge in [0.05, 0.1) is 0 Å². The van der Waals surface area contributed by atoms with Crippen molar-refractivity contribution in [3.05, 3.63) is 45.5 Å². The van der Waals surface area contributed by atoms with Gasteiger partial charge < -0.3 is 19.9 Å². The number of carbonyl (C=O) groups is 2. The van der Waals surface area contributed by atoms with E-state index in [4.69, 9.17) is 32.5 Å². The summed E-state index contributed by atoms with van der Waals surface area (Å²) in [6.07, 6.45) is -0.330. The van der Waals surface area contributed by atoms with Gasteiger partial charge in [-0.15, -0.1) is 0 Å². The van der Waals surface area contributed by atoms with Gasteiger partial charge in [0.1, 0.15) is 5.60 Å². The van der Waals surface area contributed by atoms with Crippen molar-refractivity contribution in [1.82, 2.24) is 20.8 Å². The number of ether oxygens (including phenoxy) is 1. The van der Waals surface area contributed by atoms with Crippen LogP contribution in [0.5, 0.6) is 0 Å². The third-order valence-corrected chi connectivity index (χ3v) is 3.85. The number of nitrogens with zero attached hydrogens (tertiary/aromatic N) is 2. The Balaban J connectivity index is 1.82. The summed E-state index contributed by atoms with van der Waals surface area (Å²) in [6, 6.07) is 5.14. The van der Waals surface area contributed by atoms with Gasteiger partial charge >= 0.3 is 17.9 Å². The molecule has 0 aliphatic heterocycles. The Bertz CT molecular complexity index is 797. The first-order chi connectivity index (χ1) is 12.7. The molecule has 0 bridgehead atoms. The highest BCUT2D eigenvalue weighted by atomic mass is 35.5. The average Bonchev–Trinajstić information content (AvgIpc) is 3.02. The molecule has 0 fully saturated rings. The van der Waals surface area contributed by atoms with Crippen LogP contribution in [0.25, 0.3) is 0 Å². The Morgan fingerprint density at radius 2 is 1.78 bits per heavy atom. The molecule has 0 spiro atoms. The molecule has 0 aliphatic carbocycles. The summed E-state index contributed by atoms with van der Waals surface area (Å²) in [4.78, 5) is 27.5. The maximum absolute atomic E-state index is 12.0. The zero-order chi connectivity index (χ0) is 20.0. The topological polar surface area (TPSA) is 106 Å². The summed E-state index contributed by atoms with van der Waals surface area (Å²) < 4.78 is 10.0. The molecule has 1 aromatic heterocycles. The molecular formula is C17H20Cl2N4O4. The molecule has 0 unspecified atom stereocenters. The van der Waals surface area contributed by atoms with Crippen molar-refractivity contribution in [2.24, 2.45) is 0 Å². The predicted octanol–water partition coefficient (Wildman–Crippen LogP) is 3.22. The zero-order valence-corrected chi connectivity index (χ0v) is 16.6. The van der Waals surface area contributed by atoms with Crippen LogP contribution in [0.1, 0.15) is 42.8 Å². The number of carbonyl (C=O) groups excluding carboxylic acids is 2. The van der Waals surface area contributed by atoms with E-state index in [-0.39, 0.29) is 31.2 Å². The molecule has 0 atom stereocenters. The van der Waals surface area contributed by atoms with E-state index in [9.17, 15) is 9.59 Å². The Kier molecular flexibility index (Phi) is 7.04. The van der Waals surface area contributed by atoms with Crippen LogP contribution < -0.4 is 10.6 Å². The largest absolute Gasteiger partial charge is 0.444 e. The normalized spacial score (nSPS) is 11.1. The van der Waals surface area contributed by atoms with Gasteiger partial charge in [0.15, 0.2) is 5.82 Å². The molecule has 2 amide bonds. The lowest BCUT2D eigenvalue weighted by Crippen LogP contribution is -2.37. The fourth-order valence-electron chi connectivity index (χ4n) is 2.01. The lowest BCUT2D eigenvalue weighted by atomic mass is 10.1. The highest BCUT2D eigenvalue weighted by molar-refractivity contribution is 6.36. The summed E-state index contributed by atoms with van der Waals surface area (Å²) in [5.74, 6) is -0.461. The SMILES string of the molecule is CC(C)(C)OC(=O)NCCNC(=O)c1nc(Cc2c(Cl)cccc2Cl)no1. The van der Waals surface area contributed by atoms with Crippen LogP contribution >= 0.6 is 23.2 Å². The van der Waals surface area contributed by atoms with E-state index in [2.05, 4.69) is 20.8 Å². The summed E-state index contributed by atoms with van der Waals surface area (Å²) >= 11 is 12.2. The Morgan fingerprint density at radius 1 is 1.15 bits per heavy atom. The quantitative estimate of drug-likeness (QED) is 0.702. The van der Waals surface area contributed by atoms with Crippen LogP contribution in [-0.4, -0.2) is 40.8 Å². The average molecular weight is 415 g/mol. The molecule has 27 heavy (non-hydrogen) atoms. The van der Waals surface area contributed by atoms with E-state index in [1.165, 1.54) is 0 Å². The molecule has 146 valence electrons. The van der Waals surface area contributed by atoms with Gasteiger partial charge in [-0.05, 0) is 38.5 Å². The Morgan fingerprint density at radius 3 is 2.41 bits per heavy atom. The lowest BCUT2D eigenvalue weighted by molar-refractivity contribution is 0.0526. The molecule has 8 nitrogen and oxygen atoms in total. The molecule has 2 rings (SSSR count). The van der Waals surface area contributed by atoms with Crippen LogP contribution in [0.15, 0.2) is 22.7 Å². The third-order valence-electron chi connectivity index (χ3n) is 3.14. The lowest BCUT2D eigenvalue weighted by Gasteiger charge is -2.19. The number of aromatic nitrogens is 2. The van der Waals surface area contributed by atoms with Gasteiger partial charge in [-0.1, -0.05) is 34.4 Å². The molecular weight excluding hydrogens is 395 g/mol. The van der Waals surface area contributed by atoms with E-state index in [1.807, 2.05) is 0 Å². The summed E-state index contributed by atoms with van der Waals surface area (Å²) in [6.45, 7) is 5.65. The minimum absolute atomic E-state index is 0.173. The first-order valence-electron chi connectivity index (χ1n) is 8.16. The molecule has 0 aliphatic rings. The minimum atomic E-state index is -0.585. The second kappa shape index (κ2) is 9.05. The van der Waals surface area contributed by atoms with Crippen molar-refractivity contribution < 1.29 is 18.8 Å². The smallest absolute Gasteiger partial charge is 0.407 e. The fourth-order valence-corrected chi connectivity index (χ4v) is 2.54. The van der Waals surface area contributed by atoms with Gasteiger partial charge in [-0.2, -0.15) is 4.98 Å². The van der Waals surface area contributed by atoms with Crippen LogP contribution in [0.4, 0.5) is 4.79 Å². The number of rotatable bonds is 6. The van der Waals surface area contributed by atoms with Crippen LogP contribution in [-0.2, 0) is 11.2 Å². The highest BCUT2D eigenvalue weighted by Crippen LogP contribution is 2.26. The standard InChI is InChI=1S/C17H20Cl2N4O4/c1-17(2,3)26-16(25)21-8-7-20-14(24)15-22-13(23-27-15)9-10-11(18)5-4-6-12(10)19/h4-6H,7-9H2,1-3H3,(H,20,24)(H,21,25).